The molecular weight excluding hydrogens is 239 g/mol. The summed E-state index contributed by atoms with van der Waals surface area (Å²) in [6.45, 7) is -0.684. The van der Waals surface area contributed by atoms with Gasteiger partial charge in [-0.2, -0.15) is 13.2 Å². The second kappa shape index (κ2) is 4.54. The van der Waals surface area contributed by atoms with Gasteiger partial charge in [0.1, 0.15) is 6.04 Å². The molecule has 0 aromatic carbocycles. The summed E-state index contributed by atoms with van der Waals surface area (Å²) in [5, 5.41) is 11.4. The van der Waals surface area contributed by atoms with E-state index in [9.17, 15) is 18.0 Å². The van der Waals surface area contributed by atoms with E-state index < -0.39 is 36.8 Å². The fourth-order valence-electron chi connectivity index (χ4n) is 1.30. The molecule has 0 radical (unpaired) electrons. The van der Waals surface area contributed by atoms with Crippen LogP contribution >= 0.6 is 12.4 Å². The summed E-state index contributed by atoms with van der Waals surface area (Å²) in [7, 11) is 1.08. The van der Waals surface area contributed by atoms with E-state index in [4.69, 9.17) is 5.11 Å². The molecule has 0 unspecified atom stereocenters. The van der Waals surface area contributed by atoms with Crippen molar-refractivity contribution in [3.63, 3.8) is 0 Å². The number of alkyl halides is 3. The molecule has 1 heterocycles. The monoisotopic (exact) mass is 249 g/mol. The van der Waals surface area contributed by atoms with E-state index in [1.54, 1.807) is 0 Å². The molecular formula is C7H11ClF3NO3. The summed E-state index contributed by atoms with van der Waals surface area (Å²) < 4.78 is 41.0. The van der Waals surface area contributed by atoms with Crippen LogP contribution in [0.5, 0.6) is 0 Å². The van der Waals surface area contributed by atoms with Crippen molar-refractivity contribution in [2.24, 2.45) is 0 Å². The Labute approximate surface area is 90.2 Å². The predicted octanol–water partition coefficient (Wildman–Crippen LogP) is 0.237. The van der Waals surface area contributed by atoms with E-state index in [1.165, 1.54) is 0 Å². The van der Waals surface area contributed by atoms with Gasteiger partial charge in [0, 0.05) is 13.0 Å². The minimum Gasteiger partial charge on any atom is -0.468 e. The van der Waals surface area contributed by atoms with Gasteiger partial charge in [-0.05, 0) is 0 Å². The highest BCUT2D eigenvalue weighted by Gasteiger charge is 2.58. The zero-order valence-corrected chi connectivity index (χ0v) is 8.61. The molecule has 0 aromatic rings. The molecule has 2 atom stereocenters. The first-order valence-corrected chi connectivity index (χ1v) is 3.90. The number of nitrogens with one attached hydrogen (secondary N) is 1. The van der Waals surface area contributed by atoms with Crippen LogP contribution in [0.25, 0.3) is 0 Å². The van der Waals surface area contributed by atoms with Crippen molar-refractivity contribution < 1.29 is 27.8 Å². The van der Waals surface area contributed by atoms with E-state index in [-0.39, 0.29) is 12.4 Å². The van der Waals surface area contributed by atoms with Crippen LogP contribution in [0.3, 0.4) is 0 Å². The average molecular weight is 250 g/mol. The molecule has 0 aliphatic carbocycles. The quantitative estimate of drug-likeness (QED) is 0.654. The molecule has 1 saturated heterocycles. The Kier molecular flexibility index (Phi) is 4.38. The second-order valence-corrected chi connectivity index (χ2v) is 3.19. The number of rotatable bonds is 1. The second-order valence-electron chi connectivity index (χ2n) is 3.19. The lowest BCUT2D eigenvalue weighted by atomic mass is 10.00. The number of halogens is 4. The number of β-amino-alcohol motifs (C(OH)–C–C–N with tert-alkyl or cyclic N) is 1. The van der Waals surface area contributed by atoms with Gasteiger partial charge in [-0.15, -0.1) is 12.4 Å². The van der Waals surface area contributed by atoms with Crippen molar-refractivity contribution in [1.82, 2.24) is 5.32 Å². The smallest absolute Gasteiger partial charge is 0.418 e. The van der Waals surface area contributed by atoms with Crippen molar-refractivity contribution in [3.05, 3.63) is 0 Å². The van der Waals surface area contributed by atoms with Crippen molar-refractivity contribution in [3.8, 4) is 0 Å². The van der Waals surface area contributed by atoms with Crippen molar-refractivity contribution >= 4 is 18.4 Å². The first-order chi connectivity index (χ1) is 6.30. The SMILES string of the molecule is COC(=O)[C@@H]1C[C@@](O)(C(F)(F)F)CN1.Cl. The first-order valence-electron chi connectivity index (χ1n) is 3.90. The Morgan fingerprint density at radius 2 is 2.13 bits per heavy atom. The van der Waals surface area contributed by atoms with Crippen molar-refractivity contribution in [2.75, 3.05) is 13.7 Å². The van der Waals surface area contributed by atoms with E-state index in [1.807, 2.05) is 0 Å². The molecule has 4 nitrogen and oxygen atoms in total. The van der Waals surface area contributed by atoms with E-state index >= 15 is 0 Å². The molecule has 8 heteroatoms. The highest BCUT2D eigenvalue weighted by molar-refractivity contribution is 5.85. The van der Waals surface area contributed by atoms with Crippen molar-refractivity contribution in [1.29, 1.82) is 0 Å². The van der Waals surface area contributed by atoms with Gasteiger partial charge in [0.2, 0.25) is 0 Å². The molecule has 90 valence electrons. The van der Waals surface area contributed by atoms with Gasteiger partial charge >= 0.3 is 12.1 Å². The Hall–Kier alpha value is -0.530. The van der Waals surface area contributed by atoms with Crippen LogP contribution in [0.15, 0.2) is 0 Å². The van der Waals surface area contributed by atoms with Crippen LogP contribution in [0.1, 0.15) is 6.42 Å². The highest BCUT2D eigenvalue weighted by atomic mass is 35.5. The number of methoxy groups -OCH3 is 1. The Bertz CT molecular complexity index is 248. The third-order valence-electron chi connectivity index (χ3n) is 2.20. The zero-order chi connectivity index (χ0) is 11.0. The molecule has 2 N–H and O–H groups in total. The Morgan fingerprint density at radius 3 is 2.47 bits per heavy atom. The average Bonchev–Trinajstić information content (AvgIpc) is 2.47. The summed E-state index contributed by atoms with van der Waals surface area (Å²) >= 11 is 0. The molecule has 0 aromatic heterocycles. The van der Waals surface area contributed by atoms with Crippen LogP contribution in [0.4, 0.5) is 13.2 Å². The fraction of sp³-hybridized carbons (Fsp3) is 0.857. The fourth-order valence-corrected chi connectivity index (χ4v) is 1.30. The topological polar surface area (TPSA) is 58.6 Å². The van der Waals surface area contributed by atoms with Crippen LogP contribution in [0, 0.1) is 0 Å². The van der Waals surface area contributed by atoms with Crippen LogP contribution in [-0.2, 0) is 9.53 Å². The third kappa shape index (κ3) is 2.73. The van der Waals surface area contributed by atoms with Gasteiger partial charge in [-0.3, -0.25) is 4.79 Å². The number of hydrogen-bond donors (Lipinski definition) is 2. The van der Waals surface area contributed by atoms with Crippen LogP contribution in [-0.4, -0.2) is 42.5 Å². The lowest BCUT2D eigenvalue weighted by Crippen LogP contribution is -2.46. The first kappa shape index (κ1) is 14.5. The van der Waals surface area contributed by atoms with Gasteiger partial charge in [-0.1, -0.05) is 0 Å². The predicted molar refractivity (Wildman–Crippen MR) is 46.7 cm³/mol. The molecule has 0 spiro atoms. The molecule has 15 heavy (non-hydrogen) atoms. The lowest BCUT2D eigenvalue weighted by Gasteiger charge is -2.24. The van der Waals surface area contributed by atoms with E-state index in [2.05, 4.69) is 10.1 Å². The van der Waals surface area contributed by atoms with E-state index in [0.717, 1.165) is 7.11 Å². The minimum atomic E-state index is -4.73. The maximum absolute atomic E-state index is 12.2. The minimum absolute atomic E-state index is 0. The maximum Gasteiger partial charge on any atom is 0.418 e. The highest BCUT2D eigenvalue weighted by Crippen LogP contribution is 2.36. The van der Waals surface area contributed by atoms with Gasteiger partial charge in [0.05, 0.1) is 7.11 Å². The molecule has 1 rings (SSSR count). The molecule has 1 aliphatic rings. The molecule has 1 aliphatic heterocycles. The normalized spacial score (nSPS) is 30.9. The van der Waals surface area contributed by atoms with E-state index in [0.29, 0.717) is 0 Å². The molecule has 0 amide bonds. The summed E-state index contributed by atoms with van der Waals surface area (Å²) in [6, 6.07) is -1.09. The van der Waals surface area contributed by atoms with Gasteiger partial charge in [0.15, 0.2) is 5.60 Å². The number of aliphatic hydroxyl groups is 1. The number of hydrogen-bond acceptors (Lipinski definition) is 4. The largest absolute Gasteiger partial charge is 0.468 e. The van der Waals surface area contributed by atoms with Crippen molar-refractivity contribution in [2.45, 2.75) is 24.2 Å². The zero-order valence-electron chi connectivity index (χ0n) is 7.80. The summed E-state index contributed by atoms with van der Waals surface area (Å²) in [6.07, 6.45) is -5.44. The summed E-state index contributed by atoms with van der Waals surface area (Å²) in [5.74, 6) is -0.801. The number of carbonyl (C=O) groups excluding carboxylic acids is 1. The maximum atomic E-state index is 12.2. The number of carbonyl (C=O) groups is 1. The van der Waals surface area contributed by atoms with Crippen LogP contribution < -0.4 is 5.32 Å². The molecule has 1 fully saturated rings. The number of esters is 1. The summed E-state index contributed by atoms with van der Waals surface area (Å²) in [4.78, 5) is 10.9. The molecule has 0 saturated carbocycles. The van der Waals surface area contributed by atoms with Gasteiger partial charge < -0.3 is 15.2 Å². The Morgan fingerprint density at radius 1 is 1.60 bits per heavy atom. The number of ether oxygens (including phenoxy) is 1. The summed E-state index contributed by atoms with van der Waals surface area (Å²) in [5.41, 5.74) is -2.83. The Balaban J connectivity index is 0.00000196. The van der Waals surface area contributed by atoms with Gasteiger partial charge in [-0.25, -0.2) is 0 Å². The molecule has 0 bridgehead atoms. The van der Waals surface area contributed by atoms with Gasteiger partial charge in [0.25, 0.3) is 0 Å². The standard InChI is InChI=1S/C7H10F3NO3.ClH/c1-14-5(12)4-2-6(13,3-11-4)7(8,9)10;/h4,11,13H,2-3H2,1H3;1H/t4-,6-;/m0./s1. The lowest BCUT2D eigenvalue weighted by molar-refractivity contribution is -0.252. The third-order valence-corrected chi connectivity index (χ3v) is 2.20. The van der Waals surface area contributed by atoms with Crippen LogP contribution in [0.2, 0.25) is 0 Å².